The van der Waals surface area contributed by atoms with Crippen LogP contribution in [0.5, 0.6) is 0 Å². The Morgan fingerprint density at radius 1 is 1.21 bits per heavy atom. The molecular weight excluding hydrogens is 442 g/mol. The fourth-order valence-corrected chi connectivity index (χ4v) is 3.26. The first-order chi connectivity index (χ1) is 8.91. The molecule has 2 rings (SSSR count). The molecule has 0 aliphatic rings. The molecule has 0 spiro atoms. The van der Waals surface area contributed by atoms with Gasteiger partial charge in [-0.15, -0.1) is 0 Å². The number of nitrogens with zero attached hydrogens (tertiary/aromatic N) is 3. The van der Waals surface area contributed by atoms with Gasteiger partial charge in [-0.2, -0.15) is 5.10 Å². The van der Waals surface area contributed by atoms with E-state index in [0.717, 1.165) is 4.47 Å². The number of aromatic nitrogens is 3. The van der Waals surface area contributed by atoms with E-state index in [-0.39, 0.29) is 11.8 Å². The second-order valence-electron chi connectivity index (χ2n) is 4.19. The van der Waals surface area contributed by atoms with Crippen molar-refractivity contribution in [2.24, 2.45) is 0 Å². The zero-order valence-corrected chi connectivity index (χ0v) is 15.0. The van der Waals surface area contributed by atoms with Crippen molar-refractivity contribution in [2.45, 2.75) is 19.9 Å². The predicted molar refractivity (Wildman–Crippen MR) is 83.4 cm³/mol. The molecule has 0 unspecified atom stereocenters. The van der Waals surface area contributed by atoms with Crippen molar-refractivity contribution in [1.82, 2.24) is 14.8 Å². The Bertz CT molecular complexity index is 637. The van der Waals surface area contributed by atoms with Crippen LogP contribution >= 0.6 is 47.8 Å². The normalized spacial score (nSPS) is 11.1. The number of hydrogen-bond acceptors (Lipinski definition) is 3. The lowest BCUT2D eigenvalue weighted by Gasteiger charge is -2.11. The van der Waals surface area contributed by atoms with Gasteiger partial charge in [0, 0.05) is 21.2 Å². The third-order valence-electron chi connectivity index (χ3n) is 2.48. The second kappa shape index (κ2) is 5.85. The highest BCUT2D eigenvalue weighted by Gasteiger charge is 2.23. The van der Waals surface area contributed by atoms with Crippen molar-refractivity contribution >= 4 is 53.6 Å². The second-order valence-corrected chi connectivity index (χ2v) is 6.82. The molecule has 0 aromatic carbocycles. The Morgan fingerprint density at radius 3 is 2.47 bits per heavy atom. The molecular formula is C12H10Br3N3O. The van der Waals surface area contributed by atoms with Gasteiger partial charge in [0.25, 0.3) is 0 Å². The third kappa shape index (κ3) is 2.98. The van der Waals surface area contributed by atoms with Gasteiger partial charge in [-0.1, -0.05) is 0 Å². The van der Waals surface area contributed by atoms with Crippen molar-refractivity contribution in [3.63, 3.8) is 0 Å². The summed E-state index contributed by atoms with van der Waals surface area (Å²) in [6.07, 6.45) is 3.22. The van der Waals surface area contributed by atoms with Crippen LogP contribution in [0.2, 0.25) is 0 Å². The molecule has 2 aromatic heterocycles. The van der Waals surface area contributed by atoms with Gasteiger partial charge >= 0.3 is 0 Å². The molecule has 0 N–H and O–H groups in total. The highest BCUT2D eigenvalue weighted by Crippen LogP contribution is 2.26. The van der Waals surface area contributed by atoms with Crippen LogP contribution in [-0.2, 0) is 0 Å². The van der Waals surface area contributed by atoms with Crippen LogP contribution in [0.25, 0.3) is 0 Å². The number of pyridine rings is 1. The van der Waals surface area contributed by atoms with E-state index in [1.165, 1.54) is 0 Å². The van der Waals surface area contributed by atoms with Crippen molar-refractivity contribution in [1.29, 1.82) is 0 Å². The Labute approximate surface area is 136 Å². The van der Waals surface area contributed by atoms with Gasteiger partial charge in [0.05, 0.1) is 10.7 Å². The van der Waals surface area contributed by atoms with Crippen LogP contribution < -0.4 is 0 Å². The smallest absolute Gasteiger partial charge is 0.231 e. The molecule has 2 heterocycles. The molecule has 2 aromatic rings. The summed E-state index contributed by atoms with van der Waals surface area (Å²) >= 11 is 10.0. The van der Waals surface area contributed by atoms with E-state index in [4.69, 9.17) is 0 Å². The van der Waals surface area contributed by atoms with Gasteiger partial charge in [0.1, 0.15) is 11.4 Å². The van der Waals surface area contributed by atoms with Crippen molar-refractivity contribution < 1.29 is 4.79 Å². The van der Waals surface area contributed by atoms with E-state index in [9.17, 15) is 4.79 Å². The van der Waals surface area contributed by atoms with Crippen LogP contribution in [0.3, 0.4) is 0 Å². The maximum atomic E-state index is 12.6. The lowest BCUT2D eigenvalue weighted by atomic mass is 10.2. The first-order valence-corrected chi connectivity index (χ1v) is 7.88. The number of hydrogen-bond donors (Lipinski definition) is 0. The van der Waals surface area contributed by atoms with E-state index in [1.807, 2.05) is 13.8 Å². The minimum atomic E-state index is -0.169. The van der Waals surface area contributed by atoms with Gasteiger partial charge < -0.3 is 0 Å². The highest BCUT2D eigenvalue weighted by atomic mass is 79.9. The Hall–Kier alpha value is -0.530. The molecule has 19 heavy (non-hydrogen) atoms. The summed E-state index contributed by atoms with van der Waals surface area (Å²) in [6.45, 7) is 3.94. The van der Waals surface area contributed by atoms with E-state index in [2.05, 4.69) is 57.9 Å². The Balaban J connectivity index is 2.53. The number of halogens is 3. The van der Waals surface area contributed by atoms with Gasteiger partial charge in [-0.05, 0) is 67.7 Å². The fourth-order valence-electron chi connectivity index (χ4n) is 1.64. The van der Waals surface area contributed by atoms with Gasteiger partial charge in [0.15, 0.2) is 0 Å². The quantitative estimate of drug-likeness (QED) is 0.651. The van der Waals surface area contributed by atoms with Crippen LogP contribution in [-0.4, -0.2) is 20.5 Å². The van der Waals surface area contributed by atoms with Gasteiger partial charge in [-0.25, -0.2) is 0 Å². The highest BCUT2D eigenvalue weighted by molar-refractivity contribution is 9.11. The number of rotatable bonds is 3. The molecule has 7 heteroatoms. The van der Waals surface area contributed by atoms with E-state index in [1.54, 1.807) is 23.1 Å². The van der Waals surface area contributed by atoms with Crippen LogP contribution in [0, 0.1) is 0 Å². The van der Waals surface area contributed by atoms with E-state index >= 15 is 0 Å². The minimum Gasteiger partial charge on any atom is -0.285 e. The fraction of sp³-hybridized carbons (Fsp3) is 0.250. The number of carbonyl (C=O) groups is 1. The summed E-state index contributed by atoms with van der Waals surface area (Å²) in [4.78, 5) is 16.8. The largest absolute Gasteiger partial charge is 0.285 e. The molecule has 4 nitrogen and oxygen atoms in total. The zero-order valence-electron chi connectivity index (χ0n) is 10.2. The first-order valence-electron chi connectivity index (χ1n) is 5.50. The molecule has 0 saturated carbocycles. The molecule has 0 bridgehead atoms. The standard InChI is InChI=1S/C12H10Br3N3O/c1-6(2)18-11(9(15)5-17-18)12(19)10-8(14)3-7(13)4-16-10/h3-6H,1-2H3. The first kappa shape index (κ1) is 14.9. The molecule has 0 aliphatic carbocycles. The maximum Gasteiger partial charge on any atom is 0.231 e. The van der Waals surface area contributed by atoms with Gasteiger partial charge in [-0.3, -0.25) is 14.5 Å². The molecule has 0 atom stereocenters. The molecule has 0 fully saturated rings. The lowest BCUT2D eigenvalue weighted by Crippen LogP contribution is -2.15. The van der Waals surface area contributed by atoms with E-state index in [0.29, 0.717) is 20.3 Å². The van der Waals surface area contributed by atoms with Crippen molar-refractivity contribution in [2.75, 3.05) is 0 Å². The van der Waals surface area contributed by atoms with Crippen LogP contribution in [0.15, 0.2) is 31.9 Å². The topological polar surface area (TPSA) is 47.8 Å². The predicted octanol–water partition coefficient (Wildman–Crippen LogP) is 4.38. The maximum absolute atomic E-state index is 12.6. The average Bonchev–Trinajstić information content (AvgIpc) is 2.70. The molecule has 100 valence electrons. The third-order valence-corrected chi connectivity index (χ3v) is 4.10. The Kier molecular flexibility index (Phi) is 4.58. The molecule has 0 saturated heterocycles. The summed E-state index contributed by atoms with van der Waals surface area (Å²) < 4.78 is 3.81. The minimum absolute atomic E-state index is 0.0967. The monoisotopic (exact) mass is 449 g/mol. The zero-order chi connectivity index (χ0) is 14.2. The van der Waals surface area contributed by atoms with Crippen LogP contribution in [0.1, 0.15) is 36.1 Å². The van der Waals surface area contributed by atoms with Crippen molar-refractivity contribution in [3.8, 4) is 0 Å². The van der Waals surface area contributed by atoms with E-state index < -0.39 is 0 Å². The molecule has 0 amide bonds. The summed E-state index contributed by atoms with van der Waals surface area (Å²) in [5, 5.41) is 4.21. The number of carbonyl (C=O) groups excluding carboxylic acids is 1. The summed E-state index contributed by atoms with van der Waals surface area (Å²) in [5.41, 5.74) is 0.872. The summed E-state index contributed by atoms with van der Waals surface area (Å²) in [6, 6.07) is 1.89. The average molecular weight is 452 g/mol. The summed E-state index contributed by atoms with van der Waals surface area (Å²) in [5.74, 6) is -0.169. The van der Waals surface area contributed by atoms with Crippen LogP contribution in [0.4, 0.5) is 0 Å². The molecule has 0 radical (unpaired) electrons. The Morgan fingerprint density at radius 2 is 1.89 bits per heavy atom. The van der Waals surface area contributed by atoms with Gasteiger partial charge in [0.2, 0.25) is 5.78 Å². The summed E-state index contributed by atoms with van der Waals surface area (Å²) in [7, 11) is 0. The lowest BCUT2D eigenvalue weighted by molar-refractivity contribution is 0.102. The van der Waals surface area contributed by atoms with Crippen molar-refractivity contribution in [3.05, 3.63) is 43.3 Å². The molecule has 0 aliphatic heterocycles. The number of ketones is 1. The SMILES string of the molecule is CC(C)n1ncc(Br)c1C(=O)c1ncc(Br)cc1Br.